The topological polar surface area (TPSA) is 30.7 Å². The number of halogens is 1. The number of rotatable bonds is 1. The van der Waals surface area contributed by atoms with Crippen LogP contribution in [-0.2, 0) is 0 Å². The van der Waals surface area contributed by atoms with E-state index in [1.54, 1.807) is 4.68 Å². The minimum absolute atomic E-state index is 0.264. The average molecular weight is 227 g/mol. The quantitative estimate of drug-likeness (QED) is 0.640. The van der Waals surface area contributed by atoms with Gasteiger partial charge in [0.1, 0.15) is 11.3 Å². The molecule has 0 saturated heterocycles. The zero-order chi connectivity index (χ0) is 11.8. The molecular weight excluding hydrogens is 217 g/mol. The number of hydrogen-bond donors (Lipinski definition) is 0. The third-order valence-corrected chi connectivity index (χ3v) is 2.62. The smallest absolute Gasteiger partial charge is 0.125 e. The Hall–Kier alpha value is -2.23. The number of nitrogens with zero attached hydrogens (tertiary/aromatic N) is 3. The Bertz CT molecular complexity index is 668. The summed E-state index contributed by atoms with van der Waals surface area (Å²) >= 11 is 0. The van der Waals surface area contributed by atoms with Crippen molar-refractivity contribution >= 4 is 11.0 Å². The van der Waals surface area contributed by atoms with Gasteiger partial charge in [0.15, 0.2) is 0 Å². The standard InChI is InChI=1S/C13H10FN3/c1-9-6-10(14)8-11(7-9)17-13-5-3-2-4-12(13)15-16-17/h2-8H,1H3. The monoisotopic (exact) mass is 227 g/mol. The fraction of sp³-hybridized carbons (Fsp3) is 0.0769. The van der Waals surface area contributed by atoms with E-state index in [2.05, 4.69) is 10.3 Å². The summed E-state index contributed by atoms with van der Waals surface area (Å²) < 4.78 is 15.0. The molecular formula is C13H10FN3. The van der Waals surface area contributed by atoms with Gasteiger partial charge in [0.2, 0.25) is 0 Å². The third-order valence-electron chi connectivity index (χ3n) is 2.62. The Labute approximate surface area is 97.5 Å². The first kappa shape index (κ1) is 9.96. The molecule has 3 aromatic rings. The van der Waals surface area contributed by atoms with Gasteiger partial charge in [0.05, 0.1) is 11.2 Å². The number of benzene rings is 2. The largest absolute Gasteiger partial charge is 0.213 e. The Kier molecular flexibility index (Phi) is 2.14. The van der Waals surface area contributed by atoms with Crippen molar-refractivity contribution < 1.29 is 4.39 Å². The van der Waals surface area contributed by atoms with Crippen molar-refractivity contribution in [2.45, 2.75) is 6.92 Å². The van der Waals surface area contributed by atoms with E-state index >= 15 is 0 Å². The molecule has 4 heteroatoms. The maximum atomic E-state index is 13.4. The summed E-state index contributed by atoms with van der Waals surface area (Å²) in [5.74, 6) is -0.264. The summed E-state index contributed by atoms with van der Waals surface area (Å²) in [4.78, 5) is 0. The highest BCUT2D eigenvalue weighted by Gasteiger charge is 2.06. The zero-order valence-electron chi connectivity index (χ0n) is 9.26. The van der Waals surface area contributed by atoms with Gasteiger partial charge in [-0.05, 0) is 42.8 Å². The van der Waals surface area contributed by atoms with E-state index in [9.17, 15) is 4.39 Å². The Morgan fingerprint density at radius 3 is 2.76 bits per heavy atom. The molecule has 0 atom stereocenters. The molecule has 0 aliphatic carbocycles. The van der Waals surface area contributed by atoms with Gasteiger partial charge < -0.3 is 0 Å². The predicted octanol–water partition coefficient (Wildman–Crippen LogP) is 2.87. The van der Waals surface area contributed by atoms with Gasteiger partial charge in [-0.2, -0.15) is 0 Å². The maximum absolute atomic E-state index is 13.4. The van der Waals surface area contributed by atoms with Gasteiger partial charge in [-0.15, -0.1) is 5.10 Å². The van der Waals surface area contributed by atoms with Crippen LogP contribution < -0.4 is 0 Å². The molecule has 0 fully saturated rings. The van der Waals surface area contributed by atoms with Crippen molar-refractivity contribution in [1.82, 2.24) is 15.0 Å². The van der Waals surface area contributed by atoms with Crippen molar-refractivity contribution in [3.8, 4) is 5.69 Å². The van der Waals surface area contributed by atoms with Crippen LogP contribution >= 0.6 is 0 Å². The number of para-hydroxylation sites is 1. The molecule has 1 aromatic heterocycles. The first-order chi connectivity index (χ1) is 8.24. The second-order valence-corrected chi connectivity index (χ2v) is 3.98. The van der Waals surface area contributed by atoms with E-state index in [0.717, 1.165) is 16.6 Å². The molecule has 3 rings (SSSR count). The lowest BCUT2D eigenvalue weighted by Crippen LogP contribution is -1.97. The molecule has 0 aliphatic heterocycles. The Morgan fingerprint density at radius 2 is 1.94 bits per heavy atom. The number of hydrogen-bond acceptors (Lipinski definition) is 2. The van der Waals surface area contributed by atoms with Crippen molar-refractivity contribution in [3.05, 3.63) is 53.8 Å². The molecule has 0 spiro atoms. The summed E-state index contributed by atoms with van der Waals surface area (Å²) in [6.45, 7) is 1.85. The lowest BCUT2D eigenvalue weighted by Gasteiger charge is -2.03. The molecule has 0 radical (unpaired) electrons. The van der Waals surface area contributed by atoms with Gasteiger partial charge in [-0.1, -0.05) is 17.3 Å². The van der Waals surface area contributed by atoms with E-state index in [1.165, 1.54) is 12.1 Å². The highest BCUT2D eigenvalue weighted by molar-refractivity contribution is 5.75. The van der Waals surface area contributed by atoms with Crippen LogP contribution in [-0.4, -0.2) is 15.0 Å². The molecule has 84 valence electrons. The van der Waals surface area contributed by atoms with E-state index in [1.807, 2.05) is 37.3 Å². The molecule has 0 aliphatic rings. The fourth-order valence-corrected chi connectivity index (χ4v) is 1.90. The summed E-state index contributed by atoms with van der Waals surface area (Å²) in [6, 6.07) is 12.4. The van der Waals surface area contributed by atoms with Crippen LogP contribution in [0, 0.1) is 12.7 Å². The lowest BCUT2D eigenvalue weighted by molar-refractivity contribution is 0.624. The van der Waals surface area contributed by atoms with Gasteiger partial charge >= 0.3 is 0 Å². The van der Waals surface area contributed by atoms with Crippen molar-refractivity contribution in [1.29, 1.82) is 0 Å². The van der Waals surface area contributed by atoms with Gasteiger partial charge in [0.25, 0.3) is 0 Å². The van der Waals surface area contributed by atoms with Crippen LogP contribution in [0.2, 0.25) is 0 Å². The van der Waals surface area contributed by atoms with Gasteiger partial charge in [0, 0.05) is 0 Å². The summed E-state index contributed by atoms with van der Waals surface area (Å²) in [7, 11) is 0. The Morgan fingerprint density at radius 1 is 1.12 bits per heavy atom. The molecule has 3 nitrogen and oxygen atoms in total. The summed E-state index contributed by atoms with van der Waals surface area (Å²) in [5, 5.41) is 8.09. The maximum Gasteiger partial charge on any atom is 0.125 e. The second-order valence-electron chi connectivity index (χ2n) is 3.98. The zero-order valence-corrected chi connectivity index (χ0v) is 9.26. The van der Waals surface area contributed by atoms with E-state index in [0.29, 0.717) is 5.69 Å². The Balaban J connectivity index is 2.27. The molecule has 17 heavy (non-hydrogen) atoms. The molecule has 0 N–H and O–H groups in total. The summed E-state index contributed by atoms with van der Waals surface area (Å²) in [6.07, 6.45) is 0. The lowest BCUT2D eigenvalue weighted by atomic mass is 10.2. The molecule has 0 saturated carbocycles. The van der Waals surface area contributed by atoms with Crippen LogP contribution in [0.15, 0.2) is 42.5 Å². The average Bonchev–Trinajstić information content (AvgIpc) is 2.71. The highest BCUT2D eigenvalue weighted by atomic mass is 19.1. The van der Waals surface area contributed by atoms with Crippen LogP contribution in [0.25, 0.3) is 16.7 Å². The normalized spacial score (nSPS) is 10.9. The van der Waals surface area contributed by atoms with Crippen molar-refractivity contribution in [2.75, 3.05) is 0 Å². The fourth-order valence-electron chi connectivity index (χ4n) is 1.90. The van der Waals surface area contributed by atoms with Gasteiger partial charge in [-0.25, -0.2) is 9.07 Å². The van der Waals surface area contributed by atoms with Crippen molar-refractivity contribution in [2.24, 2.45) is 0 Å². The van der Waals surface area contributed by atoms with Crippen LogP contribution in [0.5, 0.6) is 0 Å². The number of aromatic nitrogens is 3. The summed E-state index contributed by atoms with van der Waals surface area (Å²) in [5.41, 5.74) is 3.22. The van der Waals surface area contributed by atoms with E-state index in [4.69, 9.17) is 0 Å². The highest BCUT2D eigenvalue weighted by Crippen LogP contribution is 2.17. The number of fused-ring (bicyclic) bond motifs is 1. The van der Waals surface area contributed by atoms with Crippen LogP contribution in [0.1, 0.15) is 5.56 Å². The van der Waals surface area contributed by atoms with Crippen LogP contribution in [0.4, 0.5) is 4.39 Å². The second kappa shape index (κ2) is 3.66. The molecule has 2 aromatic carbocycles. The predicted molar refractivity (Wildman–Crippen MR) is 63.6 cm³/mol. The van der Waals surface area contributed by atoms with E-state index < -0.39 is 0 Å². The van der Waals surface area contributed by atoms with E-state index in [-0.39, 0.29) is 5.82 Å². The first-order valence-corrected chi connectivity index (χ1v) is 5.32. The molecule has 0 bridgehead atoms. The molecule has 1 heterocycles. The first-order valence-electron chi connectivity index (χ1n) is 5.32. The van der Waals surface area contributed by atoms with Gasteiger partial charge in [-0.3, -0.25) is 0 Å². The van der Waals surface area contributed by atoms with Crippen LogP contribution in [0.3, 0.4) is 0 Å². The molecule has 0 amide bonds. The minimum atomic E-state index is -0.264. The third kappa shape index (κ3) is 1.67. The number of aryl methyl sites for hydroxylation is 1. The SMILES string of the molecule is Cc1cc(F)cc(-n2nnc3ccccc32)c1. The molecule has 0 unspecified atom stereocenters. The van der Waals surface area contributed by atoms with Crippen molar-refractivity contribution in [3.63, 3.8) is 0 Å². The minimum Gasteiger partial charge on any atom is -0.213 e.